The zero-order valence-corrected chi connectivity index (χ0v) is 26.1. The van der Waals surface area contributed by atoms with Crippen molar-refractivity contribution in [3.8, 4) is 56.2 Å². The molecule has 3 heteroatoms. The number of aromatic nitrogens is 3. The van der Waals surface area contributed by atoms with E-state index in [9.17, 15) is 0 Å². The van der Waals surface area contributed by atoms with Gasteiger partial charge in [0.1, 0.15) is 0 Å². The van der Waals surface area contributed by atoms with Crippen molar-refractivity contribution >= 4 is 32.4 Å². The molecular formula is C45H29N3. The summed E-state index contributed by atoms with van der Waals surface area (Å²) in [7, 11) is 0. The molecule has 224 valence electrons. The molecule has 2 heterocycles. The zero-order chi connectivity index (χ0) is 31.9. The average molecular weight is 612 g/mol. The third-order valence-corrected chi connectivity index (χ3v) is 9.08. The minimum Gasteiger partial charge on any atom is -0.256 e. The minimum absolute atomic E-state index is 0.677. The average Bonchev–Trinajstić information content (AvgIpc) is 3.17. The van der Waals surface area contributed by atoms with Gasteiger partial charge in [-0.2, -0.15) is 0 Å². The van der Waals surface area contributed by atoms with Crippen LogP contribution in [0, 0.1) is 0 Å². The van der Waals surface area contributed by atoms with Gasteiger partial charge >= 0.3 is 0 Å². The molecule has 48 heavy (non-hydrogen) atoms. The molecule has 0 aliphatic heterocycles. The highest BCUT2D eigenvalue weighted by Gasteiger charge is 2.16. The van der Waals surface area contributed by atoms with E-state index in [2.05, 4.69) is 152 Å². The van der Waals surface area contributed by atoms with Crippen LogP contribution in [0.1, 0.15) is 0 Å². The summed E-state index contributed by atoms with van der Waals surface area (Å²) in [5.74, 6) is 0.677. The summed E-state index contributed by atoms with van der Waals surface area (Å²) < 4.78 is 0. The number of para-hydroxylation sites is 1. The van der Waals surface area contributed by atoms with E-state index in [1.54, 1.807) is 0 Å². The van der Waals surface area contributed by atoms with Gasteiger partial charge in [-0.25, -0.2) is 9.97 Å². The van der Waals surface area contributed by atoms with Gasteiger partial charge in [0, 0.05) is 33.8 Å². The van der Waals surface area contributed by atoms with E-state index in [0.29, 0.717) is 5.82 Å². The summed E-state index contributed by atoms with van der Waals surface area (Å²) in [6.07, 6.45) is 1.87. The Morgan fingerprint density at radius 3 is 1.62 bits per heavy atom. The fraction of sp³-hybridized carbons (Fsp3) is 0. The molecule has 0 aliphatic carbocycles. The largest absolute Gasteiger partial charge is 0.256 e. The molecule has 0 fully saturated rings. The van der Waals surface area contributed by atoms with E-state index in [1.807, 2.05) is 24.4 Å². The van der Waals surface area contributed by atoms with Crippen LogP contribution in [0.3, 0.4) is 0 Å². The van der Waals surface area contributed by atoms with Gasteiger partial charge in [0.15, 0.2) is 5.82 Å². The SMILES string of the molecule is c1ccc(-c2cc(-c3ccccc3)nc(-c3cc(-c4cc5ccccc5c5ccccc45)cc(-c4cccc5cccnc45)c3)n2)cc1. The number of hydrogen-bond acceptors (Lipinski definition) is 3. The van der Waals surface area contributed by atoms with Crippen LogP contribution in [-0.4, -0.2) is 15.0 Å². The summed E-state index contributed by atoms with van der Waals surface area (Å²) in [4.78, 5) is 15.3. The van der Waals surface area contributed by atoms with Gasteiger partial charge in [-0.05, 0) is 74.6 Å². The number of pyridine rings is 1. The molecule has 0 saturated carbocycles. The van der Waals surface area contributed by atoms with Crippen LogP contribution in [-0.2, 0) is 0 Å². The molecule has 0 amide bonds. The van der Waals surface area contributed by atoms with Crippen LogP contribution in [0.5, 0.6) is 0 Å². The lowest BCUT2D eigenvalue weighted by Crippen LogP contribution is -1.97. The first-order valence-electron chi connectivity index (χ1n) is 16.2. The van der Waals surface area contributed by atoms with Crippen molar-refractivity contribution in [2.24, 2.45) is 0 Å². The van der Waals surface area contributed by atoms with Crippen LogP contribution in [0.2, 0.25) is 0 Å². The third kappa shape index (κ3) is 4.99. The Balaban J connectivity index is 1.35. The Kier molecular flexibility index (Phi) is 6.80. The summed E-state index contributed by atoms with van der Waals surface area (Å²) in [6.45, 7) is 0. The maximum atomic E-state index is 5.22. The predicted molar refractivity (Wildman–Crippen MR) is 200 cm³/mol. The molecule has 0 N–H and O–H groups in total. The normalized spacial score (nSPS) is 11.3. The third-order valence-electron chi connectivity index (χ3n) is 9.08. The van der Waals surface area contributed by atoms with Crippen molar-refractivity contribution in [3.63, 3.8) is 0 Å². The number of nitrogens with zero attached hydrogens (tertiary/aromatic N) is 3. The van der Waals surface area contributed by atoms with Crippen molar-refractivity contribution in [3.05, 3.63) is 176 Å². The Morgan fingerprint density at radius 2 is 0.896 bits per heavy atom. The van der Waals surface area contributed by atoms with Gasteiger partial charge in [-0.3, -0.25) is 4.98 Å². The van der Waals surface area contributed by atoms with Gasteiger partial charge in [0.25, 0.3) is 0 Å². The molecule has 2 aromatic heterocycles. The van der Waals surface area contributed by atoms with Crippen molar-refractivity contribution < 1.29 is 0 Å². The molecule has 7 aromatic carbocycles. The number of hydrogen-bond donors (Lipinski definition) is 0. The number of benzene rings is 7. The molecule has 0 radical (unpaired) electrons. The summed E-state index contributed by atoms with van der Waals surface area (Å²) in [5, 5.41) is 6.00. The van der Waals surface area contributed by atoms with Crippen molar-refractivity contribution in [1.29, 1.82) is 0 Å². The smallest absolute Gasteiger partial charge is 0.160 e. The van der Waals surface area contributed by atoms with Crippen LogP contribution in [0.25, 0.3) is 88.6 Å². The molecule has 0 bridgehead atoms. The van der Waals surface area contributed by atoms with Crippen LogP contribution < -0.4 is 0 Å². The van der Waals surface area contributed by atoms with E-state index in [1.165, 1.54) is 27.1 Å². The highest BCUT2D eigenvalue weighted by molar-refractivity contribution is 6.14. The summed E-state index contributed by atoms with van der Waals surface area (Å²) >= 11 is 0. The number of fused-ring (bicyclic) bond motifs is 4. The van der Waals surface area contributed by atoms with E-state index in [-0.39, 0.29) is 0 Å². The molecular weight excluding hydrogens is 583 g/mol. The quantitative estimate of drug-likeness (QED) is 0.182. The van der Waals surface area contributed by atoms with Crippen molar-refractivity contribution in [1.82, 2.24) is 15.0 Å². The monoisotopic (exact) mass is 611 g/mol. The molecule has 0 aliphatic rings. The molecule has 9 rings (SSSR count). The van der Waals surface area contributed by atoms with E-state index in [0.717, 1.165) is 55.7 Å². The first kappa shape index (κ1) is 27.8. The Morgan fingerprint density at radius 1 is 0.333 bits per heavy atom. The maximum absolute atomic E-state index is 5.22. The van der Waals surface area contributed by atoms with Gasteiger partial charge in [-0.1, -0.05) is 133 Å². The zero-order valence-electron chi connectivity index (χ0n) is 26.1. The van der Waals surface area contributed by atoms with Crippen LogP contribution >= 0.6 is 0 Å². The van der Waals surface area contributed by atoms with E-state index < -0.39 is 0 Å². The second kappa shape index (κ2) is 11.7. The lowest BCUT2D eigenvalue weighted by molar-refractivity contribution is 1.18. The highest BCUT2D eigenvalue weighted by atomic mass is 14.9. The van der Waals surface area contributed by atoms with Gasteiger partial charge in [0.2, 0.25) is 0 Å². The van der Waals surface area contributed by atoms with E-state index in [4.69, 9.17) is 15.0 Å². The molecule has 0 saturated heterocycles. The molecule has 0 atom stereocenters. The lowest BCUT2D eigenvalue weighted by Gasteiger charge is -2.16. The Labute approximate surface area is 278 Å². The van der Waals surface area contributed by atoms with Gasteiger partial charge in [0.05, 0.1) is 16.9 Å². The van der Waals surface area contributed by atoms with Crippen molar-refractivity contribution in [2.45, 2.75) is 0 Å². The van der Waals surface area contributed by atoms with E-state index >= 15 is 0 Å². The Hall–Kier alpha value is -6.45. The minimum atomic E-state index is 0.677. The first-order chi connectivity index (χ1) is 23.8. The van der Waals surface area contributed by atoms with Crippen LogP contribution in [0.4, 0.5) is 0 Å². The Bertz CT molecular complexity index is 2550. The molecule has 9 aromatic rings. The fourth-order valence-corrected chi connectivity index (χ4v) is 6.79. The maximum Gasteiger partial charge on any atom is 0.160 e. The number of rotatable bonds is 5. The van der Waals surface area contributed by atoms with Crippen LogP contribution in [0.15, 0.2) is 176 Å². The highest BCUT2D eigenvalue weighted by Crippen LogP contribution is 2.40. The topological polar surface area (TPSA) is 38.7 Å². The molecule has 0 spiro atoms. The lowest BCUT2D eigenvalue weighted by atomic mass is 9.90. The fourth-order valence-electron chi connectivity index (χ4n) is 6.79. The second-order valence-electron chi connectivity index (χ2n) is 12.1. The van der Waals surface area contributed by atoms with Gasteiger partial charge in [-0.15, -0.1) is 0 Å². The first-order valence-corrected chi connectivity index (χ1v) is 16.2. The second-order valence-corrected chi connectivity index (χ2v) is 12.1. The summed E-state index contributed by atoms with van der Waals surface area (Å²) in [5.41, 5.74) is 10.2. The predicted octanol–water partition coefficient (Wildman–Crippen LogP) is 11.7. The van der Waals surface area contributed by atoms with Gasteiger partial charge < -0.3 is 0 Å². The van der Waals surface area contributed by atoms with Crippen molar-refractivity contribution in [2.75, 3.05) is 0 Å². The molecule has 3 nitrogen and oxygen atoms in total. The summed E-state index contributed by atoms with van der Waals surface area (Å²) in [6, 6.07) is 59.7. The standard InChI is InChI=1S/C45H29N3/c1-3-13-30(14-4-1)42-29-43(31-15-5-2-6-16-31)48-45(47-42)36-26-34(38-23-11-18-32-19-12-24-46-44(32)38)25-35(27-36)41-28-33-17-7-8-20-37(33)39-21-9-10-22-40(39)41/h1-29H. The molecule has 0 unspecified atom stereocenters.